The number of nitriles is 1. The second-order valence-corrected chi connectivity index (χ2v) is 15.4. The fourth-order valence-electron chi connectivity index (χ4n) is 4.09. The molecule has 0 radical (unpaired) electrons. The van der Waals surface area contributed by atoms with Gasteiger partial charge in [0.2, 0.25) is 0 Å². The summed E-state index contributed by atoms with van der Waals surface area (Å²) in [6, 6.07) is 18.9. The fraction of sp³-hybridized carbons (Fsp3) is 0.500. The molecule has 0 saturated heterocycles. The van der Waals surface area contributed by atoms with E-state index in [0.717, 1.165) is 31.5 Å². The van der Waals surface area contributed by atoms with Crippen LogP contribution in [0, 0.1) is 11.3 Å². The van der Waals surface area contributed by atoms with Gasteiger partial charge < -0.3 is 9.33 Å². The molecule has 0 bridgehead atoms. The predicted octanol–water partition coefficient (Wildman–Crippen LogP) is 7.55. The smallest absolute Gasteiger partial charge is 0.192 e. The molecule has 3 nitrogen and oxygen atoms in total. The predicted molar refractivity (Wildman–Crippen MR) is 133 cm³/mol. The Hall–Kier alpha value is -1.80. The minimum atomic E-state index is -1.81. The third-order valence-corrected chi connectivity index (χ3v) is 11.8. The van der Waals surface area contributed by atoms with Crippen LogP contribution in [0.15, 0.2) is 48.5 Å². The molecule has 0 aromatic heterocycles. The van der Waals surface area contributed by atoms with Gasteiger partial charge in [-0.15, -0.1) is 0 Å². The Bertz CT molecular complexity index is 917. The van der Waals surface area contributed by atoms with Gasteiger partial charge in [0.15, 0.2) is 8.32 Å². The van der Waals surface area contributed by atoms with E-state index >= 15 is 0 Å². The van der Waals surface area contributed by atoms with E-state index in [4.69, 9.17) is 16.0 Å². The largest absolute Gasteiger partial charge is 0.414 e. The average molecular weight is 455 g/mol. The minimum absolute atomic E-state index is 0.213. The van der Waals surface area contributed by atoms with E-state index in [-0.39, 0.29) is 5.04 Å². The maximum atomic E-state index is 9.28. The molecule has 2 unspecified atom stereocenters. The molecule has 2 atom stereocenters. The lowest BCUT2D eigenvalue weighted by Gasteiger charge is -2.44. The molecule has 0 heterocycles. The van der Waals surface area contributed by atoms with Crippen molar-refractivity contribution in [2.45, 2.75) is 83.3 Å². The van der Waals surface area contributed by atoms with Crippen LogP contribution < -0.4 is 4.90 Å². The van der Waals surface area contributed by atoms with Gasteiger partial charge in [-0.1, -0.05) is 62.7 Å². The van der Waals surface area contributed by atoms with E-state index in [1.807, 2.05) is 18.2 Å². The van der Waals surface area contributed by atoms with Crippen LogP contribution in [-0.4, -0.2) is 20.5 Å². The molecule has 1 aliphatic rings. The number of benzene rings is 2. The number of hydrogen-bond acceptors (Lipinski definition) is 3. The normalized spacial score (nSPS) is 19.6. The molecule has 5 heteroatoms. The number of halogens is 1. The summed E-state index contributed by atoms with van der Waals surface area (Å²) in [6.45, 7) is 12.4. The van der Waals surface area contributed by atoms with Crippen molar-refractivity contribution in [2.75, 3.05) is 4.90 Å². The Morgan fingerprint density at radius 3 is 2.45 bits per heavy atom. The van der Waals surface area contributed by atoms with Crippen molar-refractivity contribution in [2.24, 2.45) is 0 Å². The summed E-state index contributed by atoms with van der Waals surface area (Å²) in [5.41, 5.74) is 2.87. The molecule has 0 amide bonds. The third-order valence-electron chi connectivity index (χ3n) is 6.91. The van der Waals surface area contributed by atoms with Gasteiger partial charge in [-0.25, -0.2) is 0 Å². The Morgan fingerprint density at radius 2 is 1.84 bits per heavy atom. The van der Waals surface area contributed by atoms with Crippen molar-refractivity contribution in [1.82, 2.24) is 0 Å². The third kappa shape index (κ3) is 5.92. The van der Waals surface area contributed by atoms with Crippen LogP contribution in [0.2, 0.25) is 23.2 Å². The highest BCUT2D eigenvalue weighted by atomic mass is 35.5. The summed E-state index contributed by atoms with van der Waals surface area (Å²) in [5, 5.41) is 10.0. The zero-order valence-electron chi connectivity index (χ0n) is 19.5. The van der Waals surface area contributed by atoms with E-state index in [2.05, 4.69) is 75.2 Å². The van der Waals surface area contributed by atoms with Gasteiger partial charge in [-0.2, -0.15) is 5.26 Å². The minimum Gasteiger partial charge on any atom is -0.414 e. The molecule has 166 valence electrons. The van der Waals surface area contributed by atoms with Gasteiger partial charge in [0.1, 0.15) is 6.07 Å². The first-order valence-electron chi connectivity index (χ1n) is 11.3. The van der Waals surface area contributed by atoms with Gasteiger partial charge in [-0.3, -0.25) is 0 Å². The Kier molecular flexibility index (Phi) is 7.52. The van der Waals surface area contributed by atoms with Crippen molar-refractivity contribution in [3.8, 4) is 6.07 Å². The van der Waals surface area contributed by atoms with Crippen LogP contribution in [0.25, 0.3) is 0 Å². The topological polar surface area (TPSA) is 36.3 Å². The lowest BCUT2D eigenvalue weighted by Crippen LogP contribution is -2.47. The van der Waals surface area contributed by atoms with E-state index in [1.165, 1.54) is 12.0 Å². The molecular formula is C26H35ClN2OSi. The summed E-state index contributed by atoms with van der Waals surface area (Å²) >= 11 is 6.41. The lowest BCUT2D eigenvalue weighted by atomic mass is 9.91. The molecule has 31 heavy (non-hydrogen) atoms. The summed E-state index contributed by atoms with van der Waals surface area (Å²) < 4.78 is 6.81. The van der Waals surface area contributed by atoms with Crippen LogP contribution in [0.3, 0.4) is 0 Å². The number of anilines is 1. The van der Waals surface area contributed by atoms with Crippen molar-refractivity contribution < 1.29 is 4.43 Å². The summed E-state index contributed by atoms with van der Waals surface area (Å²) in [7, 11) is -1.81. The van der Waals surface area contributed by atoms with Crippen LogP contribution >= 0.6 is 11.6 Å². The second kappa shape index (κ2) is 9.77. The van der Waals surface area contributed by atoms with E-state index in [0.29, 0.717) is 22.7 Å². The van der Waals surface area contributed by atoms with Crippen molar-refractivity contribution in [1.29, 1.82) is 5.26 Å². The maximum absolute atomic E-state index is 9.28. The summed E-state index contributed by atoms with van der Waals surface area (Å²) in [4.78, 5) is 2.46. The molecule has 1 aliphatic carbocycles. The molecule has 0 N–H and O–H groups in total. The first kappa shape index (κ1) is 23.9. The first-order valence-corrected chi connectivity index (χ1v) is 14.6. The Labute approximate surface area is 194 Å². The number of hydrogen-bond donors (Lipinski definition) is 0. The molecule has 2 aromatic rings. The highest BCUT2D eigenvalue weighted by molar-refractivity contribution is 6.74. The Balaban J connectivity index is 1.86. The van der Waals surface area contributed by atoms with E-state index in [1.54, 1.807) is 0 Å². The van der Waals surface area contributed by atoms with Gasteiger partial charge >= 0.3 is 0 Å². The quantitative estimate of drug-likeness (QED) is 0.422. The van der Waals surface area contributed by atoms with Crippen molar-refractivity contribution in [3.63, 3.8) is 0 Å². The Morgan fingerprint density at radius 1 is 1.13 bits per heavy atom. The first-order chi connectivity index (χ1) is 14.6. The highest BCUT2D eigenvalue weighted by Crippen LogP contribution is 2.40. The molecule has 0 spiro atoms. The fourth-order valence-corrected chi connectivity index (χ4v) is 5.71. The maximum Gasteiger partial charge on any atom is 0.192 e. The van der Waals surface area contributed by atoms with Crippen molar-refractivity contribution >= 4 is 25.6 Å². The zero-order chi connectivity index (χ0) is 22.6. The van der Waals surface area contributed by atoms with Crippen molar-refractivity contribution in [3.05, 3.63) is 64.7 Å². The van der Waals surface area contributed by atoms with E-state index < -0.39 is 8.32 Å². The van der Waals surface area contributed by atoms with Crippen LogP contribution in [-0.2, 0) is 11.0 Å². The molecular weight excluding hydrogens is 420 g/mol. The SMILES string of the molecule is CC(C)(C)[Si](C)(C)OC1CCCC(N(Cc2ccccc2)c2ccc(C#N)c(Cl)c2)C1. The molecule has 2 aromatic carbocycles. The molecule has 3 rings (SSSR count). The number of nitrogens with zero attached hydrogens (tertiary/aromatic N) is 2. The van der Waals surface area contributed by atoms with Crippen LogP contribution in [0.1, 0.15) is 57.6 Å². The second-order valence-electron chi connectivity index (χ2n) is 10.2. The highest BCUT2D eigenvalue weighted by Gasteiger charge is 2.40. The molecule has 1 fully saturated rings. The lowest BCUT2D eigenvalue weighted by molar-refractivity contribution is 0.126. The van der Waals surface area contributed by atoms with Gasteiger partial charge in [0.05, 0.1) is 10.6 Å². The van der Waals surface area contributed by atoms with Crippen LogP contribution in [0.5, 0.6) is 0 Å². The molecule has 0 aliphatic heterocycles. The zero-order valence-corrected chi connectivity index (χ0v) is 21.2. The van der Waals surface area contributed by atoms with Gasteiger partial charge in [0.25, 0.3) is 0 Å². The summed E-state index contributed by atoms with van der Waals surface area (Å²) in [5.74, 6) is 0. The number of rotatable bonds is 6. The summed E-state index contributed by atoms with van der Waals surface area (Å²) in [6.07, 6.45) is 4.76. The molecule has 1 saturated carbocycles. The average Bonchev–Trinajstić information content (AvgIpc) is 2.72. The monoisotopic (exact) mass is 454 g/mol. The van der Waals surface area contributed by atoms with E-state index in [9.17, 15) is 5.26 Å². The standard InChI is InChI=1S/C26H35ClN2OSi/c1-26(2,3)31(4,5)30-24-13-9-12-22(16-24)29(19-20-10-7-6-8-11-20)23-15-14-21(18-28)25(27)17-23/h6-8,10-11,14-15,17,22,24H,9,12-13,16,19H2,1-5H3. The van der Waals surface area contributed by atoms with Crippen LogP contribution in [0.4, 0.5) is 5.69 Å². The van der Waals surface area contributed by atoms with Gasteiger partial charge in [-0.05, 0) is 67.6 Å². The van der Waals surface area contributed by atoms with Gasteiger partial charge in [0, 0.05) is 24.4 Å².